The van der Waals surface area contributed by atoms with Crippen LogP contribution in [0.15, 0.2) is 0 Å². The smallest absolute Gasteiger partial charge is 0.236 e. The molecule has 2 atom stereocenters. The zero-order chi connectivity index (χ0) is 8.85. The molecule has 0 aliphatic carbocycles. The normalized spacial score (nSPS) is 15.6. The van der Waals surface area contributed by atoms with Gasteiger partial charge in [-0.05, 0) is 20.3 Å². The molecule has 1 amide bonds. The van der Waals surface area contributed by atoms with Gasteiger partial charge in [-0.25, -0.2) is 0 Å². The van der Waals surface area contributed by atoms with Gasteiger partial charge >= 0.3 is 0 Å². The first-order valence-electron chi connectivity index (χ1n) is 4.13. The van der Waals surface area contributed by atoms with Crippen LogP contribution in [0.25, 0.3) is 0 Å². The SMILES string of the molecule is CCCC(C)NC(=O)[C@H](C)N. The lowest BCUT2D eigenvalue weighted by molar-refractivity contribution is -0.122. The molecule has 0 aromatic rings. The number of carbonyl (C=O) groups excluding carboxylic acids is 1. The molecule has 0 saturated carbocycles. The highest BCUT2D eigenvalue weighted by Crippen LogP contribution is 1.94. The Hall–Kier alpha value is -0.570. The van der Waals surface area contributed by atoms with Crippen LogP contribution in [0.5, 0.6) is 0 Å². The van der Waals surface area contributed by atoms with Crippen molar-refractivity contribution in [1.29, 1.82) is 0 Å². The van der Waals surface area contributed by atoms with Gasteiger partial charge in [0.2, 0.25) is 5.91 Å². The van der Waals surface area contributed by atoms with Crippen LogP contribution >= 0.6 is 0 Å². The molecule has 0 spiro atoms. The minimum atomic E-state index is -0.394. The average molecular weight is 158 g/mol. The van der Waals surface area contributed by atoms with Crippen molar-refractivity contribution < 1.29 is 4.79 Å². The van der Waals surface area contributed by atoms with Crippen molar-refractivity contribution in [3.63, 3.8) is 0 Å². The van der Waals surface area contributed by atoms with E-state index >= 15 is 0 Å². The van der Waals surface area contributed by atoms with Gasteiger partial charge in [-0.3, -0.25) is 4.79 Å². The van der Waals surface area contributed by atoms with Gasteiger partial charge < -0.3 is 11.1 Å². The number of nitrogens with two attached hydrogens (primary N) is 1. The summed E-state index contributed by atoms with van der Waals surface area (Å²) >= 11 is 0. The summed E-state index contributed by atoms with van der Waals surface area (Å²) in [5.74, 6) is -0.0639. The fourth-order valence-corrected chi connectivity index (χ4v) is 0.879. The van der Waals surface area contributed by atoms with Crippen molar-refractivity contribution in [3.05, 3.63) is 0 Å². The molecule has 0 saturated heterocycles. The maximum atomic E-state index is 11.0. The quantitative estimate of drug-likeness (QED) is 0.630. The Morgan fingerprint density at radius 1 is 1.55 bits per heavy atom. The highest BCUT2D eigenvalue weighted by Gasteiger charge is 2.09. The predicted molar refractivity (Wildman–Crippen MR) is 46.2 cm³/mol. The second kappa shape index (κ2) is 5.13. The van der Waals surface area contributed by atoms with Gasteiger partial charge in [0.15, 0.2) is 0 Å². The third-order valence-electron chi connectivity index (χ3n) is 1.52. The van der Waals surface area contributed by atoms with Gasteiger partial charge in [0.25, 0.3) is 0 Å². The summed E-state index contributed by atoms with van der Waals surface area (Å²) in [6.45, 7) is 5.77. The van der Waals surface area contributed by atoms with Crippen LogP contribution < -0.4 is 11.1 Å². The maximum absolute atomic E-state index is 11.0. The monoisotopic (exact) mass is 158 g/mol. The van der Waals surface area contributed by atoms with E-state index in [1.165, 1.54) is 0 Å². The molecule has 0 rings (SSSR count). The lowest BCUT2D eigenvalue weighted by Crippen LogP contribution is -2.42. The second-order valence-corrected chi connectivity index (χ2v) is 2.99. The van der Waals surface area contributed by atoms with Gasteiger partial charge in [-0.2, -0.15) is 0 Å². The molecule has 3 N–H and O–H groups in total. The van der Waals surface area contributed by atoms with E-state index in [4.69, 9.17) is 5.73 Å². The van der Waals surface area contributed by atoms with Gasteiger partial charge in [-0.15, -0.1) is 0 Å². The fraction of sp³-hybridized carbons (Fsp3) is 0.875. The average Bonchev–Trinajstić information content (AvgIpc) is 1.87. The zero-order valence-corrected chi connectivity index (χ0v) is 7.55. The fourth-order valence-electron chi connectivity index (χ4n) is 0.879. The molecule has 11 heavy (non-hydrogen) atoms. The minimum absolute atomic E-state index is 0.0639. The van der Waals surface area contributed by atoms with Crippen molar-refractivity contribution in [1.82, 2.24) is 5.32 Å². The second-order valence-electron chi connectivity index (χ2n) is 2.99. The molecule has 0 fully saturated rings. The van der Waals surface area contributed by atoms with Crippen molar-refractivity contribution in [2.45, 2.75) is 45.7 Å². The topological polar surface area (TPSA) is 55.1 Å². The third-order valence-corrected chi connectivity index (χ3v) is 1.52. The van der Waals surface area contributed by atoms with E-state index in [1.807, 2.05) is 6.92 Å². The largest absolute Gasteiger partial charge is 0.352 e. The molecule has 0 heterocycles. The molecule has 0 aromatic carbocycles. The molecule has 0 aromatic heterocycles. The standard InChI is InChI=1S/C8H18N2O/c1-4-5-6(2)10-8(11)7(3)9/h6-7H,4-5,9H2,1-3H3,(H,10,11)/t6?,7-/m0/s1. The van der Waals surface area contributed by atoms with E-state index in [0.29, 0.717) is 0 Å². The molecule has 3 nitrogen and oxygen atoms in total. The first kappa shape index (κ1) is 10.4. The van der Waals surface area contributed by atoms with Crippen LogP contribution in [0.2, 0.25) is 0 Å². The molecule has 66 valence electrons. The molecule has 0 aliphatic rings. The summed E-state index contributed by atoms with van der Waals surface area (Å²) in [7, 11) is 0. The van der Waals surface area contributed by atoms with Crippen LogP contribution in [0, 0.1) is 0 Å². The summed E-state index contributed by atoms with van der Waals surface area (Å²) in [4.78, 5) is 11.0. The Bertz CT molecular complexity index is 123. The molecular formula is C8H18N2O. The van der Waals surface area contributed by atoms with Crippen molar-refractivity contribution in [3.8, 4) is 0 Å². The van der Waals surface area contributed by atoms with E-state index in [-0.39, 0.29) is 11.9 Å². The molecule has 0 bridgehead atoms. The highest BCUT2D eigenvalue weighted by molar-refractivity contribution is 5.81. The molecule has 0 aliphatic heterocycles. The van der Waals surface area contributed by atoms with E-state index < -0.39 is 6.04 Å². The number of hydrogen-bond donors (Lipinski definition) is 2. The summed E-state index contributed by atoms with van der Waals surface area (Å²) < 4.78 is 0. The Morgan fingerprint density at radius 2 is 2.09 bits per heavy atom. The van der Waals surface area contributed by atoms with Gasteiger partial charge in [0.1, 0.15) is 0 Å². The first-order valence-corrected chi connectivity index (χ1v) is 4.13. The maximum Gasteiger partial charge on any atom is 0.236 e. The van der Waals surface area contributed by atoms with Gasteiger partial charge in [-0.1, -0.05) is 13.3 Å². The van der Waals surface area contributed by atoms with Crippen molar-refractivity contribution in [2.75, 3.05) is 0 Å². The van der Waals surface area contributed by atoms with Crippen molar-refractivity contribution in [2.24, 2.45) is 5.73 Å². The van der Waals surface area contributed by atoms with Crippen LogP contribution in [0.1, 0.15) is 33.6 Å². The lowest BCUT2D eigenvalue weighted by Gasteiger charge is -2.14. The summed E-state index contributed by atoms with van der Waals surface area (Å²) in [6.07, 6.45) is 2.10. The van der Waals surface area contributed by atoms with Gasteiger partial charge in [0.05, 0.1) is 6.04 Å². The highest BCUT2D eigenvalue weighted by atomic mass is 16.2. The Morgan fingerprint density at radius 3 is 2.45 bits per heavy atom. The van der Waals surface area contributed by atoms with Crippen LogP contribution in [-0.4, -0.2) is 18.0 Å². The van der Waals surface area contributed by atoms with Crippen LogP contribution in [0.3, 0.4) is 0 Å². The number of carbonyl (C=O) groups is 1. The summed E-state index contributed by atoms with van der Waals surface area (Å²) in [5.41, 5.74) is 5.37. The summed E-state index contributed by atoms with van der Waals surface area (Å²) in [6, 6.07) is -0.146. The number of rotatable bonds is 4. The molecule has 0 radical (unpaired) electrons. The Kier molecular flexibility index (Phi) is 4.86. The van der Waals surface area contributed by atoms with E-state index in [9.17, 15) is 4.79 Å². The molecule has 3 heteroatoms. The third kappa shape index (κ3) is 4.79. The lowest BCUT2D eigenvalue weighted by atomic mass is 10.2. The number of hydrogen-bond acceptors (Lipinski definition) is 2. The molecule has 1 unspecified atom stereocenters. The van der Waals surface area contributed by atoms with E-state index in [0.717, 1.165) is 12.8 Å². The predicted octanol–water partition coefficient (Wildman–Crippen LogP) is 0.638. The Labute approximate surface area is 68.3 Å². The molecular weight excluding hydrogens is 140 g/mol. The number of nitrogens with one attached hydrogen (secondary N) is 1. The summed E-state index contributed by atoms with van der Waals surface area (Å²) in [5, 5.41) is 2.82. The Balaban J connectivity index is 3.57. The number of amides is 1. The zero-order valence-electron chi connectivity index (χ0n) is 7.55. The van der Waals surface area contributed by atoms with E-state index in [2.05, 4.69) is 12.2 Å². The van der Waals surface area contributed by atoms with Crippen LogP contribution in [0.4, 0.5) is 0 Å². The van der Waals surface area contributed by atoms with Crippen LogP contribution in [-0.2, 0) is 4.79 Å². The van der Waals surface area contributed by atoms with Crippen molar-refractivity contribution >= 4 is 5.91 Å². The first-order chi connectivity index (χ1) is 5.07. The van der Waals surface area contributed by atoms with Gasteiger partial charge in [0, 0.05) is 6.04 Å². The van der Waals surface area contributed by atoms with E-state index in [1.54, 1.807) is 6.92 Å². The minimum Gasteiger partial charge on any atom is -0.352 e.